The van der Waals surface area contributed by atoms with Crippen LogP contribution < -0.4 is 0 Å². The first kappa shape index (κ1) is 18.4. The third-order valence-electron chi connectivity index (χ3n) is 4.26. The number of rotatable bonds is 7. The van der Waals surface area contributed by atoms with E-state index in [0.29, 0.717) is 6.54 Å². The van der Waals surface area contributed by atoms with Gasteiger partial charge in [0.25, 0.3) is 0 Å². The summed E-state index contributed by atoms with van der Waals surface area (Å²) in [5, 5.41) is 0. The highest BCUT2D eigenvalue weighted by atomic mass is 32.2. The van der Waals surface area contributed by atoms with Gasteiger partial charge in [0.1, 0.15) is 0 Å². The Morgan fingerprint density at radius 1 is 1.39 bits per heavy atom. The highest BCUT2D eigenvalue weighted by Gasteiger charge is 2.35. The Morgan fingerprint density at radius 3 is 2.78 bits per heavy atom. The van der Waals surface area contributed by atoms with Gasteiger partial charge in [0, 0.05) is 19.9 Å². The SMILES string of the molecule is CO[C@H](C)CS(=O)(=O)N(CC(C)C)[C@@H]1CCCc2cccnc21. The Morgan fingerprint density at radius 2 is 2.13 bits per heavy atom. The van der Waals surface area contributed by atoms with E-state index in [2.05, 4.69) is 11.1 Å². The molecule has 6 heteroatoms. The average Bonchev–Trinajstić information content (AvgIpc) is 2.51. The fourth-order valence-electron chi connectivity index (χ4n) is 3.12. The van der Waals surface area contributed by atoms with Crippen LogP contribution in [0.25, 0.3) is 0 Å². The normalized spacial score (nSPS) is 19.8. The molecule has 5 nitrogen and oxygen atoms in total. The van der Waals surface area contributed by atoms with Gasteiger partial charge in [0.15, 0.2) is 0 Å². The Bertz CT molecular complexity index is 616. The number of ether oxygens (including phenoxy) is 1. The highest BCUT2D eigenvalue weighted by Crippen LogP contribution is 2.35. The molecule has 0 aromatic carbocycles. The lowest BCUT2D eigenvalue weighted by atomic mass is 9.91. The minimum atomic E-state index is -3.40. The first-order valence-electron chi connectivity index (χ1n) is 8.31. The molecule has 1 aromatic heterocycles. The van der Waals surface area contributed by atoms with E-state index >= 15 is 0 Å². The summed E-state index contributed by atoms with van der Waals surface area (Å²) in [5.41, 5.74) is 2.10. The summed E-state index contributed by atoms with van der Waals surface area (Å²) in [5.74, 6) is 0.270. The first-order valence-corrected chi connectivity index (χ1v) is 9.92. The summed E-state index contributed by atoms with van der Waals surface area (Å²) >= 11 is 0. The number of sulfonamides is 1. The third kappa shape index (κ3) is 4.52. The second kappa shape index (κ2) is 7.73. The number of nitrogens with zero attached hydrogens (tertiary/aromatic N) is 2. The zero-order valence-corrected chi connectivity index (χ0v) is 15.3. The molecule has 0 saturated heterocycles. The van der Waals surface area contributed by atoms with Crippen molar-refractivity contribution in [1.82, 2.24) is 9.29 Å². The van der Waals surface area contributed by atoms with Crippen molar-refractivity contribution in [2.75, 3.05) is 19.4 Å². The van der Waals surface area contributed by atoms with Gasteiger partial charge in [-0.2, -0.15) is 4.31 Å². The van der Waals surface area contributed by atoms with Crippen LogP contribution in [0.1, 0.15) is 50.9 Å². The molecule has 1 aromatic rings. The molecule has 23 heavy (non-hydrogen) atoms. The van der Waals surface area contributed by atoms with Crippen LogP contribution in [-0.4, -0.2) is 43.2 Å². The average molecular weight is 340 g/mol. The van der Waals surface area contributed by atoms with Gasteiger partial charge in [-0.15, -0.1) is 0 Å². The quantitative estimate of drug-likeness (QED) is 0.766. The second-order valence-electron chi connectivity index (χ2n) is 6.74. The topological polar surface area (TPSA) is 59.5 Å². The van der Waals surface area contributed by atoms with Crippen molar-refractivity contribution >= 4 is 10.0 Å². The summed E-state index contributed by atoms with van der Waals surface area (Å²) in [6.07, 6.45) is 4.24. The van der Waals surface area contributed by atoms with Crippen molar-refractivity contribution in [1.29, 1.82) is 0 Å². The molecule has 0 spiro atoms. The largest absolute Gasteiger partial charge is 0.381 e. The Hall–Kier alpha value is -0.980. The highest BCUT2D eigenvalue weighted by molar-refractivity contribution is 7.89. The molecule has 1 heterocycles. The van der Waals surface area contributed by atoms with Crippen LogP contribution in [0.3, 0.4) is 0 Å². The minimum Gasteiger partial charge on any atom is -0.381 e. The fourth-order valence-corrected chi connectivity index (χ4v) is 5.16. The van der Waals surface area contributed by atoms with E-state index in [4.69, 9.17) is 4.74 Å². The molecule has 0 aliphatic heterocycles. The maximum Gasteiger partial charge on any atom is 0.217 e. The van der Waals surface area contributed by atoms with Crippen LogP contribution in [0, 0.1) is 5.92 Å². The molecule has 130 valence electrons. The van der Waals surface area contributed by atoms with Crippen LogP contribution in [0.15, 0.2) is 18.3 Å². The summed E-state index contributed by atoms with van der Waals surface area (Å²) in [4.78, 5) is 4.50. The van der Waals surface area contributed by atoms with Crippen molar-refractivity contribution in [3.63, 3.8) is 0 Å². The van der Waals surface area contributed by atoms with Crippen LogP contribution >= 0.6 is 0 Å². The molecule has 2 rings (SSSR count). The molecule has 0 amide bonds. The van der Waals surface area contributed by atoms with E-state index < -0.39 is 10.0 Å². The van der Waals surface area contributed by atoms with Gasteiger partial charge in [0.05, 0.1) is 23.6 Å². The van der Waals surface area contributed by atoms with Crippen molar-refractivity contribution in [3.05, 3.63) is 29.6 Å². The second-order valence-corrected chi connectivity index (χ2v) is 8.71. The van der Waals surface area contributed by atoms with E-state index in [1.165, 1.54) is 5.56 Å². The Labute approximate surface area is 140 Å². The zero-order chi connectivity index (χ0) is 17.0. The van der Waals surface area contributed by atoms with Gasteiger partial charge in [-0.05, 0) is 43.7 Å². The van der Waals surface area contributed by atoms with Gasteiger partial charge in [-0.25, -0.2) is 8.42 Å². The number of aryl methyl sites for hydroxylation is 1. The molecule has 0 saturated carbocycles. The van der Waals surface area contributed by atoms with Crippen LogP contribution in [0.4, 0.5) is 0 Å². The van der Waals surface area contributed by atoms with Crippen molar-refractivity contribution in [2.45, 2.75) is 52.2 Å². The number of aromatic nitrogens is 1. The van der Waals surface area contributed by atoms with Gasteiger partial charge in [0.2, 0.25) is 10.0 Å². The Kier molecular flexibility index (Phi) is 6.17. The molecule has 2 atom stereocenters. The van der Waals surface area contributed by atoms with Crippen molar-refractivity contribution in [3.8, 4) is 0 Å². The molecule has 1 aliphatic rings. The maximum atomic E-state index is 13.0. The molecule has 0 N–H and O–H groups in total. The summed E-state index contributed by atoms with van der Waals surface area (Å²) in [6.45, 7) is 6.40. The van der Waals surface area contributed by atoms with Crippen molar-refractivity contribution in [2.24, 2.45) is 5.92 Å². The molecule has 0 fully saturated rings. The van der Waals surface area contributed by atoms with Crippen LogP contribution in [0.2, 0.25) is 0 Å². The molecular formula is C17H28N2O3S. The molecule has 0 unspecified atom stereocenters. The van der Waals surface area contributed by atoms with Crippen LogP contribution in [0.5, 0.6) is 0 Å². The smallest absolute Gasteiger partial charge is 0.217 e. The Balaban J connectivity index is 2.36. The van der Waals surface area contributed by atoms with Crippen molar-refractivity contribution < 1.29 is 13.2 Å². The van der Waals surface area contributed by atoms with E-state index in [9.17, 15) is 8.42 Å². The lowest BCUT2D eigenvalue weighted by Crippen LogP contribution is -2.42. The zero-order valence-electron chi connectivity index (χ0n) is 14.5. The molecule has 0 bridgehead atoms. The maximum absolute atomic E-state index is 13.0. The lowest BCUT2D eigenvalue weighted by Gasteiger charge is -2.35. The fraction of sp³-hybridized carbons (Fsp3) is 0.706. The predicted octanol–water partition coefficient (Wildman–Crippen LogP) is 2.78. The number of fused-ring (bicyclic) bond motifs is 1. The van der Waals surface area contributed by atoms with E-state index in [0.717, 1.165) is 25.0 Å². The number of methoxy groups -OCH3 is 1. The third-order valence-corrected chi connectivity index (χ3v) is 6.27. The monoisotopic (exact) mass is 340 g/mol. The van der Waals surface area contributed by atoms with Crippen LogP contribution in [-0.2, 0) is 21.2 Å². The summed E-state index contributed by atoms with van der Waals surface area (Å²) in [7, 11) is -1.86. The summed E-state index contributed by atoms with van der Waals surface area (Å²) < 4.78 is 32.8. The van der Waals surface area contributed by atoms with E-state index in [1.807, 2.05) is 19.9 Å². The molecule has 1 aliphatic carbocycles. The molecular weight excluding hydrogens is 312 g/mol. The predicted molar refractivity (Wildman–Crippen MR) is 91.7 cm³/mol. The lowest BCUT2D eigenvalue weighted by molar-refractivity contribution is 0.133. The van der Waals surface area contributed by atoms with Gasteiger partial charge < -0.3 is 4.74 Å². The number of pyridine rings is 1. The minimum absolute atomic E-state index is 0.00882. The number of hydrogen-bond acceptors (Lipinski definition) is 4. The number of hydrogen-bond donors (Lipinski definition) is 0. The van der Waals surface area contributed by atoms with Gasteiger partial charge in [-0.1, -0.05) is 19.9 Å². The summed E-state index contributed by atoms with van der Waals surface area (Å²) in [6, 6.07) is 3.83. The van der Waals surface area contributed by atoms with E-state index in [-0.39, 0.29) is 23.8 Å². The van der Waals surface area contributed by atoms with Gasteiger partial charge >= 0.3 is 0 Å². The van der Waals surface area contributed by atoms with E-state index in [1.54, 1.807) is 24.5 Å². The van der Waals surface area contributed by atoms with Gasteiger partial charge in [-0.3, -0.25) is 4.98 Å². The molecule has 0 radical (unpaired) electrons. The first-order chi connectivity index (χ1) is 10.8. The standard InChI is InChI=1S/C17H28N2O3S/c1-13(2)11-19(23(20,21)12-14(3)22-4)16-9-5-7-15-8-6-10-18-17(15)16/h6,8,10,13-14,16H,5,7,9,11-12H2,1-4H3/t14-,16-/m1/s1.